The zero-order valence-electron chi connectivity index (χ0n) is 37.3. The highest BCUT2D eigenvalue weighted by molar-refractivity contribution is 7.47. The Hall–Kier alpha value is -3.49. The molecule has 1 aliphatic carbocycles. The Labute approximate surface area is 333 Å². The number of phenols is 1. The van der Waals surface area contributed by atoms with Crippen LogP contribution in [-0.2, 0) is 15.4 Å². The molecule has 0 radical (unpaired) electrons. The summed E-state index contributed by atoms with van der Waals surface area (Å²) < 4.78 is 18.8. The second-order valence-electron chi connectivity index (χ2n) is 16.3. The average molecular weight is 759 g/mol. The second-order valence-corrected chi connectivity index (χ2v) is 17.9. The van der Waals surface area contributed by atoms with Crippen molar-refractivity contribution in [3.8, 4) is 28.4 Å². The molecule has 0 aliphatic heterocycles. The van der Waals surface area contributed by atoms with Gasteiger partial charge in [0.25, 0.3) is 8.38 Å². The molecule has 54 heavy (non-hydrogen) atoms. The summed E-state index contributed by atoms with van der Waals surface area (Å²) in [6.45, 7) is 40.6. The van der Waals surface area contributed by atoms with E-state index in [1.165, 1.54) is 28.7 Å². The Bertz CT molecular complexity index is 1700. The molecular formula is C49H75O4P. The van der Waals surface area contributed by atoms with Gasteiger partial charge in [0, 0.05) is 17.3 Å². The minimum Gasteiger partial charge on any atom is -0.507 e. The number of rotatable bonds is 9. The van der Waals surface area contributed by atoms with E-state index in [9.17, 15) is 5.11 Å². The zero-order chi connectivity index (χ0) is 41.4. The van der Waals surface area contributed by atoms with Crippen LogP contribution in [0.4, 0.5) is 0 Å². The molecule has 1 unspecified atom stereocenters. The molecule has 3 aromatic rings. The van der Waals surface area contributed by atoms with Gasteiger partial charge in [-0.1, -0.05) is 118 Å². The van der Waals surface area contributed by atoms with Gasteiger partial charge in [-0.15, -0.1) is 6.58 Å². The fourth-order valence-corrected chi connectivity index (χ4v) is 7.42. The van der Waals surface area contributed by atoms with Crippen molar-refractivity contribution in [3.05, 3.63) is 111 Å². The highest BCUT2D eigenvalue weighted by Crippen LogP contribution is 2.53. The first-order valence-electron chi connectivity index (χ1n) is 20.0. The maximum absolute atomic E-state index is 11.5. The molecule has 5 heteroatoms. The average Bonchev–Trinajstić information content (AvgIpc) is 3.09. The monoisotopic (exact) mass is 759 g/mol. The maximum atomic E-state index is 11.5. The highest BCUT2D eigenvalue weighted by atomic mass is 31.2. The standard InChI is InChI=1S/C33H47O3P.C10H14O.C3H8.C3H6/c1-13-37(35-27-17-15-14-16-20(27)2)36-31-22(4)19-26(33(10,11)12)24(6)29(31)28-23(5)25(32(7,8)9)18-21(3)30(28)34;1-3-8-11-10-7-5-4-6-9(10)2;2*1-3-2/h16-19,34H,13-15H2,1-12H3;4-7H,3,8H2,1-2H3;3H2,1-2H3;3H,1H2,2H3. The first kappa shape index (κ1) is 48.5. The van der Waals surface area contributed by atoms with Crippen LogP contribution in [0.2, 0.25) is 0 Å². The fourth-order valence-electron chi connectivity index (χ4n) is 6.25. The molecule has 0 saturated carbocycles. The number of phenolic OH excluding ortho intramolecular Hbond substituents is 1. The minimum absolute atomic E-state index is 0.0524. The molecule has 1 atom stereocenters. The first-order valence-corrected chi connectivity index (χ1v) is 21.4. The quantitative estimate of drug-likeness (QED) is 0.174. The predicted octanol–water partition coefficient (Wildman–Crippen LogP) is 15.6. The fraction of sp³-hybridized carbons (Fsp3) is 0.510. The lowest BCUT2D eigenvalue weighted by Crippen LogP contribution is -2.17. The SMILES string of the molecule is C=CC.CCC.CCCOc1ccccc1C.CCP(OC1=CCCC=C1C)Oc1c(C)cc(C(C)(C)C)c(C)c1-c1c(C)c(C(C)(C)C)cc(C)c1O. The van der Waals surface area contributed by atoms with E-state index in [-0.39, 0.29) is 10.8 Å². The molecule has 0 heterocycles. The van der Waals surface area contributed by atoms with Crippen molar-refractivity contribution in [1.82, 2.24) is 0 Å². The number of ether oxygens (including phenoxy) is 1. The smallest absolute Gasteiger partial charge is 0.290 e. The van der Waals surface area contributed by atoms with Crippen molar-refractivity contribution in [3.63, 3.8) is 0 Å². The molecule has 0 fully saturated rings. The van der Waals surface area contributed by atoms with Crippen LogP contribution < -0.4 is 9.26 Å². The van der Waals surface area contributed by atoms with E-state index < -0.39 is 8.38 Å². The van der Waals surface area contributed by atoms with Crippen LogP contribution in [0, 0.1) is 34.6 Å². The molecule has 0 aromatic heterocycles. The first-order chi connectivity index (χ1) is 25.2. The predicted molar refractivity (Wildman–Crippen MR) is 239 cm³/mol. The molecule has 1 aliphatic rings. The normalized spacial score (nSPS) is 13.0. The van der Waals surface area contributed by atoms with E-state index in [0.717, 1.165) is 82.7 Å². The summed E-state index contributed by atoms with van der Waals surface area (Å²) in [7, 11) is -1.21. The summed E-state index contributed by atoms with van der Waals surface area (Å²) in [5, 5.41) is 11.5. The Kier molecular flexibility index (Phi) is 20.5. The summed E-state index contributed by atoms with van der Waals surface area (Å²) in [6.07, 6.45) is 11.3. The number of aromatic hydroxyl groups is 1. The lowest BCUT2D eigenvalue weighted by molar-refractivity contribution is 0.315. The van der Waals surface area contributed by atoms with E-state index in [0.29, 0.717) is 5.75 Å². The van der Waals surface area contributed by atoms with Gasteiger partial charge in [-0.2, -0.15) is 0 Å². The van der Waals surface area contributed by atoms with Gasteiger partial charge < -0.3 is 18.9 Å². The molecule has 0 spiro atoms. The highest BCUT2D eigenvalue weighted by Gasteiger charge is 2.30. The summed E-state index contributed by atoms with van der Waals surface area (Å²) in [4.78, 5) is 0. The largest absolute Gasteiger partial charge is 0.507 e. The molecule has 0 saturated heterocycles. The zero-order valence-corrected chi connectivity index (χ0v) is 38.2. The third kappa shape index (κ3) is 14.0. The molecule has 3 aromatic carbocycles. The molecular weight excluding hydrogens is 684 g/mol. The molecule has 4 nitrogen and oxygen atoms in total. The number of para-hydroxylation sites is 1. The van der Waals surface area contributed by atoms with Gasteiger partial charge in [0.2, 0.25) is 0 Å². The maximum Gasteiger partial charge on any atom is 0.290 e. The lowest BCUT2D eigenvalue weighted by atomic mass is 9.76. The van der Waals surface area contributed by atoms with Gasteiger partial charge in [0.15, 0.2) is 0 Å². The Morgan fingerprint density at radius 3 is 1.72 bits per heavy atom. The van der Waals surface area contributed by atoms with E-state index in [1.807, 2.05) is 32.0 Å². The summed E-state index contributed by atoms with van der Waals surface area (Å²) in [6, 6.07) is 12.5. The third-order valence-corrected chi connectivity index (χ3v) is 10.2. The number of hydrogen-bond acceptors (Lipinski definition) is 4. The number of allylic oxidation sites excluding steroid dienone is 4. The van der Waals surface area contributed by atoms with E-state index in [2.05, 4.69) is 141 Å². The van der Waals surface area contributed by atoms with Gasteiger partial charge >= 0.3 is 0 Å². The second kappa shape index (κ2) is 22.8. The molecule has 300 valence electrons. The summed E-state index contributed by atoms with van der Waals surface area (Å²) in [5.41, 5.74) is 10.9. The summed E-state index contributed by atoms with van der Waals surface area (Å²) >= 11 is 0. The van der Waals surface area contributed by atoms with Gasteiger partial charge in [-0.05, 0) is 135 Å². The van der Waals surface area contributed by atoms with Gasteiger partial charge in [-0.3, -0.25) is 0 Å². The van der Waals surface area contributed by atoms with Crippen LogP contribution in [0.25, 0.3) is 11.1 Å². The molecule has 0 amide bonds. The van der Waals surface area contributed by atoms with Crippen molar-refractivity contribution < 1.29 is 18.9 Å². The molecule has 0 bridgehead atoms. The van der Waals surface area contributed by atoms with Gasteiger partial charge in [-0.25, -0.2) is 0 Å². The van der Waals surface area contributed by atoms with Crippen LogP contribution in [0.5, 0.6) is 17.2 Å². The van der Waals surface area contributed by atoms with Crippen LogP contribution in [0.1, 0.15) is 148 Å². The number of aryl methyl sites for hydroxylation is 3. The number of hydrogen-bond donors (Lipinski definition) is 1. The Morgan fingerprint density at radius 1 is 0.741 bits per heavy atom. The minimum atomic E-state index is -1.21. The van der Waals surface area contributed by atoms with Crippen LogP contribution in [-0.4, -0.2) is 17.9 Å². The molecule has 1 N–H and O–H groups in total. The van der Waals surface area contributed by atoms with Crippen molar-refractivity contribution >= 4 is 8.38 Å². The van der Waals surface area contributed by atoms with Gasteiger partial charge in [0.1, 0.15) is 23.0 Å². The van der Waals surface area contributed by atoms with Crippen molar-refractivity contribution in [2.45, 2.75) is 154 Å². The Morgan fingerprint density at radius 2 is 1.24 bits per heavy atom. The van der Waals surface area contributed by atoms with Crippen LogP contribution in [0.3, 0.4) is 0 Å². The topological polar surface area (TPSA) is 47.9 Å². The van der Waals surface area contributed by atoms with E-state index in [4.69, 9.17) is 13.8 Å². The Balaban J connectivity index is 0.000000710. The lowest BCUT2D eigenvalue weighted by Gasteiger charge is -2.31. The van der Waals surface area contributed by atoms with Crippen molar-refractivity contribution in [2.24, 2.45) is 0 Å². The number of benzene rings is 3. The van der Waals surface area contributed by atoms with Crippen LogP contribution in [0.15, 0.2) is 72.5 Å². The van der Waals surface area contributed by atoms with E-state index in [1.54, 1.807) is 6.08 Å². The van der Waals surface area contributed by atoms with Gasteiger partial charge in [0.05, 0.1) is 6.61 Å². The van der Waals surface area contributed by atoms with Crippen molar-refractivity contribution in [2.75, 3.05) is 12.8 Å². The summed E-state index contributed by atoms with van der Waals surface area (Å²) in [5.74, 6) is 3.10. The van der Waals surface area contributed by atoms with E-state index >= 15 is 0 Å². The molecule has 4 rings (SSSR count). The van der Waals surface area contributed by atoms with Crippen LogP contribution >= 0.6 is 8.38 Å². The van der Waals surface area contributed by atoms with Crippen molar-refractivity contribution in [1.29, 1.82) is 0 Å². The third-order valence-electron chi connectivity index (χ3n) is 8.88.